The minimum atomic E-state index is 0.262. The summed E-state index contributed by atoms with van der Waals surface area (Å²) in [7, 11) is 0. The first kappa shape index (κ1) is 9.65. The Bertz CT molecular complexity index is 376. The highest BCUT2D eigenvalue weighted by Gasteiger charge is 2.53. The average molecular weight is 223 g/mol. The summed E-state index contributed by atoms with van der Waals surface area (Å²) in [6.45, 7) is 1.98. The van der Waals surface area contributed by atoms with E-state index in [1.54, 1.807) is 0 Å². The Morgan fingerprint density at radius 2 is 2.13 bits per heavy atom. The molecule has 3 aliphatic rings. The molecule has 0 spiro atoms. The fourth-order valence-corrected chi connectivity index (χ4v) is 4.20. The summed E-state index contributed by atoms with van der Waals surface area (Å²) >= 11 is 6.17. The molecule has 15 heavy (non-hydrogen) atoms. The molecular weight excluding hydrogens is 208 g/mol. The van der Waals surface area contributed by atoms with E-state index in [0.717, 1.165) is 5.03 Å². The van der Waals surface area contributed by atoms with Gasteiger partial charge in [-0.15, -0.1) is 0 Å². The highest BCUT2D eigenvalue weighted by atomic mass is 35.5. The smallest absolute Gasteiger partial charge is 0.140 e. The quantitative estimate of drug-likeness (QED) is 0.575. The van der Waals surface area contributed by atoms with E-state index in [2.05, 4.69) is 6.08 Å². The predicted octanol–water partition coefficient (Wildman–Crippen LogP) is 3.30. The van der Waals surface area contributed by atoms with Crippen LogP contribution in [0.5, 0.6) is 0 Å². The van der Waals surface area contributed by atoms with E-state index in [9.17, 15) is 4.79 Å². The van der Waals surface area contributed by atoms with E-state index in [1.165, 1.54) is 18.4 Å². The first-order valence-electron chi connectivity index (χ1n) is 5.75. The second-order valence-corrected chi connectivity index (χ2v) is 5.55. The molecule has 80 valence electrons. The number of rotatable bonds is 0. The van der Waals surface area contributed by atoms with Gasteiger partial charge >= 0.3 is 0 Å². The SMILES string of the molecule is C/C(Cl)=C1/[C@H]2CC[C@@H]1C1C(=O)CC=CC12. The molecule has 0 aromatic rings. The highest BCUT2D eigenvalue weighted by Crippen LogP contribution is 2.59. The first-order valence-corrected chi connectivity index (χ1v) is 6.13. The molecule has 0 aliphatic heterocycles. The van der Waals surface area contributed by atoms with Crippen LogP contribution in [0.2, 0.25) is 0 Å². The maximum Gasteiger partial charge on any atom is 0.140 e. The summed E-state index contributed by atoms with van der Waals surface area (Å²) in [5, 5.41) is 0.943. The van der Waals surface area contributed by atoms with Crippen molar-refractivity contribution in [2.75, 3.05) is 0 Å². The third-order valence-electron chi connectivity index (χ3n) is 4.35. The zero-order chi connectivity index (χ0) is 10.6. The van der Waals surface area contributed by atoms with Crippen LogP contribution in [0.1, 0.15) is 26.2 Å². The molecule has 1 nitrogen and oxygen atoms in total. The largest absolute Gasteiger partial charge is 0.299 e. The van der Waals surface area contributed by atoms with Crippen LogP contribution in [0.15, 0.2) is 22.8 Å². The van der Waals surface area contributed by atoms with Crippen LogP contribution in [-0.2, 0) is 4.79 Å². The van der Waals surface area contributed by atoms with Crippen LogP contribution in [0.25, 0.3) is 0 Å². The van der Waals surface area contributed by atoms with Gasteiger partial charge in [0.25, 0.3) is 0 Å². The molecule has 0 amide bonds. The van der Waals surface area contributed by atoms with Gasteiger partial charge in [-0.2, -0.15) is 0 Å². The first-order chi connectivity index (χ1) is 7.20. The molecule has 2 heteroatoms. The molecule has 4 atom stereocenters. The van der Waals surface area contributed by atoms with E-state index in [1.807, 2.05) is 13.0 Å². The van der Waals surface area contributed by atoms with Gasteiger partial charge in [-0.3, -0.25) is 4.79 Å². The van der Waals surface area contributed by atoms with Crippen molar-refractivity contribution in [3.05, 3.63) is 22.8 Å². The van der Waals surface area contributed by atoms with Crippen LogP contribution in [-0.4, -0.2) is 5.78 Å². The van der Waals surface area contributed by atoms with E-state index in [4.69, 9.17) is 11.6 Å². The molecule has 0 radical (unpaired) electrons. The van der Waals surface area contributed by atoms with Gasteiger partial charge in [-0.1, -0.05) is 23.8 Å². The van der Waals surface area contributed by atoms with Gasteiger partial charge in [0, 0.05) is 17.4 Å². The molecule has 0 saturated heterocycles. The number of allylic oxidation sites excluding steroid dienone is 4. The van der Waals surface area contributed by atoms with E-state index < -0.39 is 0 Å². The maximum absolute atomic E-state index is 11.9. The topological polar surface area (TPSA) is 17.1 Å². The van der Waals surface area contributed by atoms with E-state index in [-0.39, 0.29) is 5.92 Å². The van der Waals surface area contributed by atoms with Gasteiger partial charge < -0.3 is 0 Å². The lowest BCUT2D eigenvalue weighted by Crippen LogP contribution is -2.30. The Kier molecular flexibility index (Phi) is 2.07. The van der Waals surface area contributed by atoms with Crippen LogP contribution in [0.3, 0.4) is 0 Å². The van der Waals surface area contributed by atoms with Gasteiger partial charge in [0.05, 0.1) is 0 Å². The molecule has 3 aliphatic carbocycles. The average Bonchev–Trinajstić information content (AvgIpc) is 2.73. The highest BCUT2D eigenvalue weighted by molar-refractivity contribution is 6.29. The Balaban J connectivity index is 2.08. The fourth-order valence-electron chi connectivity index (χ4n) is 3.92. The molecule has 3 rings (SSSR count). The van der Waals surface area contributed by atoms with E-state index >= 15 is 0 Å². The molecule has 2 saturated carbocycles. The number of ketones is 1. The zero-order valence-corrected chi connectivity index (χ0v) is 9.63. The third kappa shape index (κ3) is 1.19. The Morgan fingerprint density at radius 1 is 1.40 bits per heavy atom. The van der Waals surface area contributed by atoms with E-state index in [0.29, 0.717) is 30.0 Å². The molecule has 0 aromatic heterocycles. The lowest BCUT2D eigenvalue weighted by Gasteiger charge is -2.29. The number of carbonyl (C=O) groups excluding carboxylic acids is 1. The number of hydrogen-bond donors (Lipinski definition) is 0. The molecule has 0 aromatic carbocycles. The Morgan fingerprint density at radius 3 is 2.80 bits per heavy atom. The zero-order valence-electron chi connectivity index (χ0n) is 8.87. The molecule has 2 unspecified atom stereocenters. The Labute approximate surface area is 95.2 Å². The summed E-state index contributed by atoms with van der Waals surface area (Å²) in [6, 6.07) is 0. The van der Waals surface area contributed by atoms with Gasteiger partial charge in [-0.05, 0) is 43.1 Å². The standard InChI is InChI=1S/C13H15ClO/c1-7(14)12-9-5-6-10(12)13-8(9)3-2-4-11(13)15/h2-3,8-10,13H,4-6H2,1H3/b12-7+/t8?,9-,10-,13?/m0/s1. The number of hydrogen-bond acceptors (Lipinski definition) is 1. The van der Waals surface area contributed by atoms with Crippen LogP contribution < -0.4 is 0 Å². The summed E-state index contributed by atoms with van der Waals surface area (Å²) in [5.74, 6) is 2.20. The normalized spacial score (nSPS) is 45.9. The van der Waals surface area contributed by atoms with Crippen LogP contribution in [0, 0.1) is 23.7 Å². The fraction of sp³-hybridized carbons (Fsp3) is 0.615. The van der Waals surface area contributed by atoms with Crippen molar-refractivity contribution in [1.82, 2.24) is 0 Å². The number of halogens is 1. The maximum atomic E-state index is 11.9. The van der Waals surface area contributed by atoms with Crippen LogP contribution in [0.4, 0.5) is 0 Å². The second-order valence-electron chi connectivity index (χ2n) is 4.98. The summed E-state index contributed by atoms with van der Waals surface area (Å²) in [4.78, 5) is 11.9. The molecule has 0 heterocycles. The lowest BCUT2D eigenvalue weighted by atomic mass is 9.73. The number of fused-ring (bicyclic) bond motifs is 5. The van der Waals surface area contributed by atoms with Crippen molar-refractivity contribution in [3.63, 3.8) is 0 Å². The minimum Gasteiger partial charge on any atom is -0.299 e. The summed E-state index contributed by atoms with van der Waals surface area (Å²) < 4.78 is 0. The molecule has 2 fully saturated rings. The molecule has 2 bridgehead atoms. The van der Waals surface area contributed by atoms with Crippen LogP contribution >= 0.6 is 11.6 Å². The lowest BCUT2D eigenvalue weighted by molar-refractivity contribution is -0.125. The summed E-state index contributed by atoms with van der Waals surface area (Å²) in [5.41, 5.74) is 1.39. The summed E-state index contributed by atoms with van der Waals surface area (Å²) in [6.07, 6.45) is 7.34. The van der Waals surface area contributed by atoms with Crippen molar-refractivity contribution < 1.29 is 4.79 Å². The molecule has 0 N–H and O–H groups in total. The van der Waals surface area contributed by atoms with Gasteiger partial charge in [-0.25, -0.2) is 0 Å². The van der Waals surface area contributed by atoms with Crippen molar-refractivity contribution in [2.24, 2.45) is 23.7 Å². The van der Waals surface area contributed by atoms with Crippen molar-refractivity contribution in [2.45, 2.75) is 26.2 Å². The van der Waals surface area contributed by atoms with Crippen molar-refractivity contribution in [1.29, 1.82) is 0 Å². The number of carbonyl (C=O) groups is 1. The third-order valence-corrected chi connectivity index (χ3v) is 4.57. The second kappa shape index (κ2) is 3.21. The van der Waals surface area contributed by atoms with Gasteiger partial charge in [0.2, 0.25) is 0 Å². The monoisotopic (exact) mass is 222 g/mol. The predicted molar refractivity (Wildman–Crippen MR) is 60.5 cm³/mol. The van der Waals surface area contributed by atoms with Crippen molar-refractivity contribution >= 4 is 17.4 Å². The molecular formula is C13H15ClO. The van der Waals surface area contributed by atoms with Gasteiger partial charge in [0.15, 0.2) is 0 Å². The van der Waals surface area contributed by atoms with Gasteiger partial charge in [0.1, 0.15) is 5.78 Å². The number of Topliss-reactive ketones (excluding diaryl/α,β-unsaturated/α-hetero) is 1. The van der Waals surface area contributed by atoms with Crippen molar-refractivity contribution in [3.8, 4) is 0 Å². The minimum absolute atomic E-state index is 0.262. The Hall–Kier alpha value is -0.560.